The zero-order chi connectivity index (χ0) is 20.9. The lowest BCUT2D eigenvalue weighted by atomic mass is 10.1. The second-order valence-electron chi connectivity index (χ2n) is 7.82. The van der Waals surface area contributed by atoms with E-state index in [1.54, 1.807) is 0 Å². The van der Waals surface area contributed by atoms with Gasteiger partial charge in [-0.15, -0.1) is 0 Å². The van der Waals surface area contributed by atoms with Crippen LogP contribution in [0.25, 0.3) is 0 Å². The average Bonchev–Trinajstić information content (AvgIpc) is 3.44. The second kappa shape index (κ2) is 9.58. The Balaban J connectivity index is 1.38. The molecule has 8 nitrogen and oxygen atoms in total. The van der Waals surface area contributed by atoms with Crippen LogP contribution in [0.3, 0.4) is 0 Å². The molecule has 0 bridgehead atoms. The van der Waals surface area contributed by atoms with E-state index in [-0.39, 0.29) is 30.3 Å². The Kier molecular flexibility index (Phi) is 7.13. The highest BCUT2D eigenvalue weighted by Gasteiger charge is 2.26. The van der Waals surface area contributed by atoms with Gasteiger partial charge in [-0.1, -0.05) is 18.6 Å². The number of imide groups is 1. The van der Waals surface area contributed by atoms with E-state index in [1.165, 1.54) is 17.7 Å². The topological polar surface area (TPSA) is 105 Å². The molecule has 1 atom stereocenters. The van der Waals surface area contributed by atoms with Gasteiger partial charge in [-0.2, -0.15) is 0 Å². The van der Waals surface area contributed by atoms with Crippen molar-refractivity contribution in [2.75, 3.05) is 25.4 Å². The lowest BCUT2D eigenvalue weighted by Crippen LogP contribution is -2.30. The van der Waals surface area contributed by atoms with Crippen molar-refractivity contribution in [2.45, 2.75) is 45.1 Å². The molecule has 0 aromatic heterocycles. The minimum atomic E-state index is -3.41. The van der Waals surface area contributed by atoms with Crippen LogP contribution in [0, 0.1) is 5.92 Å². The smallest absolute Gasteiger partial charge is 0.324 e. The Morgan fingerprint density at radius 2 is 2.03 bits per heavy atom. The SMILES string of the molecule is CC(NS(=O)(=O)CCCCCN1CC(=O)NC1=O)c1cccc(OCC2CC2)c1. The highest BCUT2D eigenvalue weighted by molar-refractivity contribution is 7.89. The summed E-state index contributed by atoms with van der Waals surface area (Å²) in [7, 11) is -3.41. The molecule has 1 saturated heterocycles. The molecule has 1 aromatic rings. The number of urea groups is 1. The summed E-state index contributed by atoms with van der Waals surface area (Å²) >= 11 is 0. The first-order valence-corrected chi connectivity index (χ1v) is 11.8. The van der Waals surface area contributed by atoms with Crippen molar-refractivity contribution in [3.63, 3.8) is 0 Å². The molecule has 3 rings (SSSR count). The second-order valence-corrected chi connectivity index (χ2v) is 9.69. The number of carbonyl (C=O) groups excluding carboxylic acids is 2. The number of sulfonamides is 1. The summed E-state index contributed by atoms with van der Waals surface area (Å²) in [5.74, 6) is 1.16. The highest BCUT2D eigenvalue weighted by Crippen LogP contribution is 2.30. The van der Waals surface area contributed by atoms with Gasteiger partial charge in [-0.25, -0.2) is 17.9 Å². The number of rotatable bonds is 12. The van der Waals surface area contributed by atoms with Gasteiger partial charge in [0.25, 0.3) is 0 Å². The van der Waals surface area contributed by atoms with Crippen molar-refractivity contribution < 1.29 is 22.7 Å². The van der Waals surface area contributed by atoms with Gasteiger partial charge in [0.1, 0.15) is 12.3 Å². The van der Waals surface area contributed by atoms with E-state index < -0.39 is 10.0 Å². The van der Waals surface area contributed by atoms with Crippen molar-refractivity contribution in [1.29, 1.82) is 0 Å². The van der Waals surface area contributed by atoms with Crippen LogP contribution in [0.4, 0.5) is 4.79 Å². The Morgan fingerprint density at radius 1 is 1.24 bits per heavy atom. The third kappa shape index (κ3) is 7.01. The maximum Gasteiger partial charge on any atom is 0.324 e. The fourth-order valence-electron chi connectivity index (χ4n) is 3.20. The van der Waals surface area contributed by atoms with Gasteiger partial charge in [0.2, 0.25) is 15.9 Å². The van der Waals surface area contributed by atoms with E-state index in [4.69, 9.17) is 4.74 Å². The molecule has 29 heavy (non-hydrogen) atoms. The third-order valence-corrected chi connectivity index (χ3v) is 6.64. The van der Waals surface area contributed by atoms with E-state index >= 15 is 0 Å². The summed E-state index contributed by atoms with van der Waals surface area (Å²) in [4.78, 5) is 24.0. The zero-order valence-corrected chi connectivity index (χ0v) is 17.5. The van der Waals surface area contributed by atoms with Gasteiger partial charge >= 0.3 is 6.03 Å². The first-order chi connectivity index (χ1) is 13.8. The minimum Gasteiger partial charge on any atom is -0.493 e. The molecule has 0 spiro atoms. The molecule has 2 aliphatic rings. The molecule has 1 unspecified atom stereocenters. The molecule has 2 N–H and O–H groups in total. The van der Waals surface area contributed by atoms with E-state index in [0.29, 0.717) is 31.7 Å². The van der Waals surface area contributed by atoms with Crippen LogP contribution in [-0.4, -0.2) is 50.7 Å². The summed E-state index contributed by atoms with van der Waals surface area (Å²) in [5.41, 5.74) is 0.867. The van der Waals surface area contributed by atoms with Crippen molar-refractivity contribution in [1.82, 2.24) is 14.9 Å². The Morgan fingerprint density at radius 3 is 2.72 bits per heavy atom. The standard InChI is InChI=1S/C20H29N3O5S/c1-15(17-6-5-7-18(12-17)28-14-16-8-9-16)22-29(26,27)11-4-2-3-10-23-13-19(24)21-20(23)25/h5-7,12,15-16,22H,2-4,8-11,13-14H2,1H3,(H,21,24,25). The normalized spacial score (nSPS) is 18.0. The van der Waals surface area contributed by atoms with Gasteiger partial charge in [-0.05, 0) is 56.2 Å². The van der Waals surface area contributed by atoms with Gasteiger partial charge in [-0.3, -0.25) is 10.1 Å². The maximum absolute atomic E-state index is 12.4. The number of amides is 3. The van der Waals surface area contributed by atoms with E-state index in [9.17, 15) is 18.0 Å². The number of carbonyl (C=O) groups is 2. The van der Waals surface area contributed by atoms with Crippen LogP contribution in [0.15, 0.2) is 24.3 Å². The van der Waals surface area contributed by atoms with Crippen molar-refractivity contribution in [3.8, 4) is 5.75 Å². The maximum atomic E-state index is 12.4. The van der Waals surface area contributed by atoms with E-state index in [0.717, 1.165) is 17.9 Å². The van der Waals surface area contributed by atoms with Crippen LogP contribution in [-0.2, 0) is 14.8 Å². The largest absolute Gasteiger partial charge is 0.493 e. The molecule has 9 heteroatoms. The number of benzene rings is 1. The number of nitrogens with one attached hydrogen (secondary N) is 2. The van der Waals surface area contributed by atoms with Crippen LogP contribution in [0.2, 0.25) is 0 Å². The quantitative estimate of drug-likeness (QED) is 0.396. The number of hydrogen-bond donors (Lipinski definition) is 2. The zero-order valence-electron chi connectivity index (χ0n) is 16.7. The summed E-state index contributed by atoms with van der Waals surface area (Å²) in [6.07, 6.45) is 4.26. The lowest BCUT2D eigenvalue weighted by molar-refractivity contribution is -0.118. The molecular weight excluding hydrogens is 394 g/mol. The number of nitrogens with zero attached hydrogens (tertiary/aromatic N) is 1. The molecule has 2 fully saturated rings. The molecule has 1 aliphatic carbocycles. The van der Waals surface area contributed by atoms with Crippen molar-refractivity contribution >= 4 is 22.0 Å². The molecule has 1 heterocycles. The minimum absolute atomic E-state index is 0.0281. The molecule has 1 saturated carbocycles. The van der Waals surface area contributed by atoms with Crippen LogP contribution >= 0.6 is 0 Å². The molecule has 1 aromatic carbocycles. The lowest BCUT2D eigenvalue weighted by Gasteiger charge is -2.16. The van der Waals surface area contributed by atoms with Gasteiger partial charge < -0.3 is 9.64 Å². The number of unbranched alkanes of at least 4 members (excludes halogenated alkanes) is 2. The van der Waals surface area contributed by atoms with Crippen LogP contribution < -0.4 is 14.8 Å². The highest BCUT2D eigenvalue weighted by atomic mass is 32.2. The third-order valence-electron chi connectivity index (χ3n) is 5.11. The molecular formula is C20H29N3O5S. The molecule has 3 amide bonds. The average molecular weight is 424 g/mol. The predicted molar refractivity (Wildman–Crippen MR) is 109 cm³/mol. The first kappa shape index (κ1) is 21.6. The van der Waals surface area contributed by atoms with Crippen molar-refractivity contribution in [2.24, 2.45) is 5.92 Å². The fourth-order valence-corrected chi connectivity index (χ4v) is 4.58. The number of ether oxygens (including phenoxy) is 1. The molecule has 1 aliphatic heterocycles. The fraction of sp³-hybridized carbons (Fsp3) is 0.600. The number of hydrogen-bond acceptors (Lipinski definition) is 5. The summed E-state index contributed by atoms with van der Waals surface area (Å²) < 4.78 is 33.2. The molecule has 160 valence electrons. The summed E-state index contributed by atoms with van der Waals surface area (Å²) in [6, 6.07) is 6.82. The monoisotopic (exact) mass is 423 g/mol. The summed E-state index contributed by atoms with van der Waals surface area (Å²) in [5, 5.41) is 2.22. The van der Waals surface area contributed by atoms with E-state index in [2.05, 4.69) is 10.0 Å². The van der Waals surface area contributed by atoms with Crippen LogP contribution in [0.1, 0.15) is 50.6 Å². The Labute approximate surface area is 172 Å². The van der Waals surface area contributed by atoms with Crippen molar-refractivity contribution in [3.05, 3.63) is 29.8 Å². The summed E-state index contributed by atoms with van der Waals surface area (Å²) in [6.45, 7) is 3.08. The van der Waals surface area contributed by atoms with E-state index in [1.807, 2.05) is 31.2 Å². The van der Waals surface area contributed by atoms with Crippen LogP contribution in [0.5, 0.6) is 5.75 Å². The Bertz CT molecular complexity index is 838. The Hall–Kier alpha value is -2.13. The predicted octanol–water partition coefficient (Wildman–Crippen LogP) is 2.18. The first-order valence-electron chi connectivity index (χ1n) is 10.1. The van der Waals surface area contributed by atoms with Gasteiger partial charge in [0.05, 0.1) is 12.4 Å². The van der Waals surface area contributed by atoms with Gasteiger partial charge in [0.15, 0.2) is 0 Å². The van der Waals surface area contributed by atoms with Gasteiger partial charge in [0, 0.05) is 12.6 Å². The molecule has 0 radical (unpaired) electrons.